The van der Waals surface area contributed by atoms with Gasteiger partial charge >= 0.3 is 6.18 Å². The largest absolute Gasteiger partial charge is 0.434 e. The monoisotopic (exact) mass is 227 g/mol. The van der Waals surface area contributed by atoms with Crippen LogP contribution in [-0.2, 0) is 6.18 Å². The summed E-state index contributed by atoms with van der Waals surface area (Å²) in [5, 5.41) is -0.0712. The number of halogens is 3. The lowest BCUT2D eigenvalue weighted by atomic mass is 10.1. The zero-order valence-electron chi connectivity index (χ0n) is 8.34. The molecule has 2 rings (SSSR count). The molecule has 0 aliphatic heterocycles. The third kappa shape index (κ3) is 1.66. The number of nitrogens with zero attached hydrogens (tertiary/aromatic N) is 2. The van der Waals surface area contributed by atoms with Crippen molar-refractivity contribution in [3.8, 4) is 0 Å². The van der Waals surface area contributed by atoms with Crippen LogP contribution in [0.2, 0.25) is 0 Å². The van der Waals surface area contributed by atoms with E-state index in [4.69, 9.17) is 5.73 Å². The van der Waals surface area contributed by atoms with Crippen LogP contribution in [0.5, 0.6) is 0 Å². The molecule has 0 bridgehead atoms. The summed E-state index contributed by atoms with van der Waals surface area (Å²) in [5.41, 5.74) is 4.99. The minimum Gasteiger partial charge on any atom is -0.397 e. The molecule has 0 atom stereocenters. The van der Waals surface area contributed by atoms with Crippen molar-refractivity contribution < 1.29 is 13.2 Å². The number of rotatable bonds is 0. The molecule has 0 amide bonds. The van der Waals surface area contributed by atoms with Crippen molar-refractivity contribution in [2.45, 2.75) is 13.1 Å². The first-order valence-corrected chi connectivity index (χ1v) is 4.49. The molecule has 2 aromatic rings. The molecular weight excluding hydrogens is 219 g/mol. The highest BCUT2D eigenvalue weighted by Crippen LogP contribution is 2.34. The number of aryl methyl sites for hydroxylation is 1. The third-order valence-corrected chi connectivity index (χ3v) is 2.14. The molecule has 0 unspecified atom stereocenters. The van der Waals surface area contributed by atoms with Crippen molar-refractivity contribution in [2.24, 2.45) is 0 Å². The molecule has 0 fully saturated rings. The Hall–Kier alpha value is -1.85. The first kappa shape index (κ1) is 10.7. The average Bonchev–Trinajstić information content (AvgIpc) is 2.17. The van der Waals surface area contributed by atoms with E-state index in [1.165, 1.54) is 25.1 Å². The molecule has 2 N–H and O–H groups in total. The lowest BCUT2D eigenvalue weighted by Gasteiger charge is -2.10. The second-order valence-corrected chi connectivity index (χ2v) is 3.36. The Morgan fingerprint density at radius 1 is 1.19 bits per heavy atom. The zero-order valence-corrected chi connectivity index (χ0v) is 8.34. The molecule has 1 heterocycles. The van der Waals surface area contributed by atoms with E-state index in [1.54, 1.807) is 0 Å². The van der Waals surface area contributed by atoms with Gasteiger partial charge in [-0.2, -0.15) is 13.2 Å². The van der Waals surface area contributed by atoms with Gasteiger partial charge in [0.1, 0.15) is 5.82 Å². The number of alkyl halides is 3. The van der Waals surface area contributed by atoms with Crippen LogP contribution >= 0.6 is 0 Å². The van der Waals surface area contributed by atoms with Gasteiger partial charge in [-0.3, -0.25) is 0 Å². The quantitative estimate of drug-likeness (QED) is 0.703. The lowest BCUT2D eigenvalue weighted by Crippen LogP contribution is -2.11. The molecule has 6 heteroatoms. The first-order chi connectivity index (χ1) is 7.39. The van der Waals surface area contributed by atoms with Crippen LogP contribution in [0.1, 0.15) is 11.5 Å². The van der Waals surface area contributed by atoms with Crippen LogP contribution in [-0.4, -0.2) is 9.97 Å². The number of nitrogens with two attached hydrogens (primary N) is 1. The topological polar surface area (TPSA) is 51.8 Å². The van der Waals surface area contributed by atoms with Crippen LogP contribution < -0.4 is 5.73 Å². The number of para-hydroxylation sites is 1. The Bertz CT molecular complexity index is 549. The van der Waals surface area contributed by atoms with Crippen LogP contribution in [0, 0.1) is 6.92 Å². The molecule has 1 aromatic heterocycles. The fourth-order valence-electron chi connectivity index (χ4n) is 1.50. The van der Waals surface area contributed by atoms with Gasteiger partial charge in [-0.1, -0.05) is 12.1 Å². The van der Waals surface area contributed by atoms with Crippen molar-refractivity contribution in [1.82, 2.24) is 9.97 Å². The van der Waals surface area contributed by atoms with E-state index in [2.05, 4.69) is 9.97 Å². The maximum Gasteiger partial charge on any atom is 0.434 e. The molecule has 0 saturated carbocycles. The Labute approximate surface area is 89.1 Å². The Morgan fingerprint density at radius 3 is 2.50 bits per heavy atom. The fourth-order valence-corrected chi connectivity index (χ4v) is 1.50. The van der Waals surface area contributed by atoms with Crippen molar-refractivity contribution in [3.63, 3.8) is 0 Å². The Kier molecular flexibility index (Phi) is 2.22. The second-order valence-electron chi connectivity index (χ2n) is 3.36. The Morgan fingerprint density at radius 2 is 1.88 bits per heavy atom. The maximum atomic E-state index is 12.7. The summed E-state index contributed by atoms with van der Waals surface area (Å²) in [6, 6.07) is 4.27. The Balaban J connectivity index is 2.89. The number of fused-ring (bicyclic) bond motifs is 1. The summed E-state index contributed by atoms with van der Waals surface area (Å²) in [7, 11) is 0. The lowest BCUT2D eigenvalue weighted by molar-refractivity contribution is -0.139. The van der Waals surface area contributed by atoms with E-state index in [9.17, 15) is 13.2 Å². The second kappa shape index (κ2) is 3.33. The average molecular weight is 227 g/mol. The van der Waals surface area contributed by atoms with Gasteiger partial charge in [0.05, 0.1) is 11.2 Å². The van der Waals surface area contributed by atoms with Crippen LogP contribution in [0.25, 0.3) is 10.9 Å². The van der Waals surface area contributed by atoms with E-state index < -0.39 is 11.9 Å². The van der Waals surface area contributed by atoms with Crippen LogP contribution in [0.15, 0.2) is 18.2 Å². The maximum absolute atomic E-state index is 12.7. The van der Waals surface area contributed by atoms with Crippen molar-refractivity contribution in [2.75, 3.05) is 5.73 Å². The zero-order chi connectivity index (χ0) is 11.9. The number of hydrogen-bond donors (Lipinski definition) is 1. The molecule has 0 spiro atoms. The molecule has 0 aliphatic carbocycles. The van der Waals surface area contributed by atoms with E-state index in [-0.39, 0.29) is 22.4 Å². The predicted octanol–water partition coefficient (Wildman–Crippen LogP) is 2.54. The summed E-state index contributed by atoms with van der Waals surface area (Å²) in [5.74, 6) is 0.0534. The summed E-state index contributed by atoms with van der Waals surface area (Å²) in [6.45, 7) is 1.40. The SMILES string of the molecule is Cc1nc(C(F)(F)F)c2cccc(N)c2n1. The van der Waals surface area contributed by atoms with Gasteiger partial charge in [-0.05, 0) is 13.0 Å². The smallest absolute Gasteiger partial charge is 0.397 e. The highest BCUT2D eigenvalue weighted by Gasteiger charge is 2.35. The first-order valence-electron chi connectivity index (χ1n) is 4.49. The van der Waals surface area contributed by atoms with Crippen molar-refractivity contribution in [1.29, 1.82) is 0 Å². The summed E-state index contributed by atoms with van der Waals surface area (Å²) >= 11 is 0. The van der Waals surface area contributed by atoms with Gasteiger partial charge in [0.25, 0.3) is 0 Å². The molecule has 0 aliphatic rings. The summed E-state index contributed by atoms with van der Waals surface area (Å²) in [4.78, 5) is 7.34. The minimum atomic E-state index is -4.50. The van der Waals surface area contributed by atoms with Gasteiger partial charge in [0.15, 0.2) is 5.69 Å². The number of anilines is 1. The molecule has 0 saturated heterocycles. The van der Waals surface area contributed by atoms with E-state index in [1.807, 2.05) is 0 Å². The third-order valence-electron chi connectivity index (χ3n) is 2.14. The fraction of sp³-hybridized carbons (Fsp3) is 0.200. The van der Waals surface area contributed by atoms with Crippen LogP contribution in [0.3, 0.4) is 0 Å². The molecule has 0 radical (unpaired) electrons. The van der Waals surface area contributed by atoms with E-state index in [0.29, 0.717) is 0 Å². The van der Waals surface area contributed by atoms with Gasteiger partial charge < -0.3 is 5.73 Å². The molecular formula is C10H8F3N3. The van der Waals surface area contributed by atoms with Gasteiger partial charge in [-0.25, -0.2) is 9.97 Å². The van der Waals surface area contributed by atoms with Crippen molar-refractivity contribution >= 4 is 16.6 Å². The van der Waals surface area contributed by atoms with E-state index >= 15 is 0 Å². The summed E-state index contributed by atoms with van der Waals surface area (Å²) in [6.07, 6.45) is -4.50. The number of benzene rings is 1. The van der Waals surface area contributed by atoms with Crippen molar-refractivity contribution in [3.05, 3.63) is 29.7 Å². The normalized spacial score (nSPS) is 12.0. The molecule has 1 aromatic carbocycles. The number of nitrogen functional groups attached to an aromatic ring is 1. The standard InChI is InChI=1S/C10H8F3N3/c1-5-15-8-6(3-2-4-7(8)14)9(16-5)10(11,12)13/h2-4H,14H2,1H3. The van der Waals surface area contributed by atoms with Gasteiger partial charge in [0.2, 0.25) is 0 Å². The predicted molar refractivity (Wildman–Crippen MR) is 53.7 cm³/mol. The highest BCUT2D eigenvalue weighted by atomic mass is 19.4. The molecule has 3 nitrogen and oxygen atoms in total. The summed E-state index contributed by atoms with van der Waals surface area (Å²) < 4.78 is 38.1. The molecule has 84 valence electrons. The van der Waals surface area contributed by atoms with Gasteiger partial charge in [-0.15, -0.1) is 0 Å². The van der Waals surface area contributed by atoms with E-state index in [0.717, 1.165) is 0 Å². The minimum absolute atomic E-state index is 0.0534. The van der Waals surface area contributed by atoms with Gasteiger partial charge in [0, 0.05) is 5.39 Å². The number of aromatic nitrogens is 2. The highest BCUT2D eigenvalue weighted by molar-refractivity contribution is 5.91. The number of hydrogen-bond acceptors (Lipinski definition) is 3. The van der Waals surface area contributed by atoms with Crippen LogP contribution in [0.4, 0.5) is 18.9 Å². The molecule has 16 heavy (non-hydrogen) atoms.